The molecule has 25 heteroatoms. The number of carbonyl (C=O) groups is 10. The lowest BCUT2D eigenvalue weighted by molar-refractivity contribution is -0.155. The van der Waals surface area contributed by atoms with Crippen LogP contribution in [0.1, 0.15) is 191 Å². The van der Waals surface area contributed by atoms with E-state index in [1.54, 1.807) is 53.7 Å². The first kappa shape index (κ1) is 86.2. The highest BCUT2D eigenvalue weighted by Crippen LogP contribution is 2.21. The number of unbranched alkanes of at least 4 members (excludes halogenated alkanes) is 1. The number of alkyl carbamates (subject to hydrolysis) is 1. The predicted molar refractivity (Wildman–Crippen MR) is 376 cm³/mol. The zero-order valence-electron chi connectivity index (χ0n) is 60.5. The van der Waals surface area contributed by atoms with Gasteiger partial charge in [0.25, 0.3) is 0 Å². The number of carbonyl (C=O) groups excluding carboxylic acids is 9. The van der Waals surface area contributed by atoms with Crippen LogP contribution in [0.2, 0.25) is 0 Å². The molecule has 2 rings (SSSR count). The number of hydrogen-bond donors (Lipinski definition) is 10. The Balaban J connectivity index is 2.44. The average molecular weight is 1380 g/mol. The van der Waals surface area contributed by atoms with Crippen molar-refractivity contribution >= 4 is 59.4 Å². The van der Waals surface area contributed by atoms with Gasteiger partial charge < -0.3 is 77.1 Å². The molecule has 0 spiro atoms. The van der Waals surface area contributed by atoms with Gasteiger partial charge in [-0.05, 0) is 136 Å². The molecule has 0 unspecified atom stereocenters. The number of esters is 1. The van der Waals surface area contributed by atoms with Crippen LogP contribution in [-0.2, 0) is 74.9 Å². The van der Waals surface area contributed by atoms with Crippen molar-refractivity contribution in [3.05, 3.63) is 91.0 Å². The Kier molecular flexibility index (Phi) is 39.5. The molecule has 2 aromatic carbocycles. The van der Waals surface area contributed by atoms with E-state index in [1.807, 2.05) is 90.9 Å². The predicted octanol–water partition coefficient (Wildman–Crippen LogP) is 7.50. The first-order valence-corrected chi connectivity index (χ1v) is 34.3. The smallest absolute Gasteiger partial charge is 0.407 e. The molecule has 98 heavy (non-hydrogen) atoms. The topological polar surface area (TPSA) is 359 Å². The maximum absolute atomic E-state index is 14.4. The molecule has 550 valence electrons. The van der Waals surface area contributed by atoms with E-state index in [-0.39, 0.29) is 121 Å². The molecule has 25 nitrogen and oxygen atoms in total. The van der Waals surface area contributed by atoms with Gasteiger partial charge in [-0.3, -0.25) is 43.2 Å². The van der Waals surface area contributed by atoms with Crippen molar-refractivity contribution in [1.29, 1.82) is 0 Å². The van der Waals surface area contributed by atoms with Crippen LogP contribution in [-0.4, -0.2) is 163 Å². The van der Waals surface area contributed by atoms with Gasteiger partial charge in [0.15, 0.2) is 0 Å². The molecule has 0 fully saturated rings. The van der Waals surface area contributed by atoms with Gasteiger partial charge in [-0.2, -0.15) is 0 Å². The Morgan fingerprint density at radius 3 is 1.37 bits per heavy atom. The van der Waals surface area contributed by atoms with E-state index >= 15 is 0 Å². The van der Waals surface area contributed by atoms with Gasteiger partial charge in [0.1, 0.15) is 22.6 Å². The largest absolute Gasteiger partial charge is 0.488 e. The molecule has 0 heterocycles. The van der Waals surface area contributed by atoms with E-state index in [0.29, 0.717) is 38.0 Å². The molecule has 11 N–H and O–H groups in total. The average Bonchev–Trinajstić information content (AvgIpc) is 0.894. The lowest BCUT2D eigenvalue weighted by Gasteiger charge is -2.26. The van der Waals surface area contributed by atoms with Crippen molar-refractivity contribution in [3.63, 3.8) is 0 Å². The van der Waals surface area contributed by atoms with Crippen molar-refractivity contribution in [3.8, 4) is 5.75 Å². The van der Waals surface area contributed by atoms with Gasteiger partial charge in [0.05, 0.1) is 44.9 Å². The van der Waals surface area contributed by atoms with Crippen molar-refractivity contribution in [2.75, 3.05) is 33.0 Å². The number of carboxylic acid groups (broad SMARTS) is 1. The number of ether oxygens (including phenoxy) is 5. The summed E-state index contributed by atoms with van der Waals surface area (Å²) in [6.45, 7) is 31.4. The molecule has 0 radical (unpaired) electrons. The number of nitrogens with one attached hydrogen (secondary N) is 8. The van der Waals surface area contributed by atoms with Crippen LogP contribution in [0.5, 0.6) is 5.75 Å². The Hall–Kier alpha value is -7.90. The molecule has 0 saturated heterocycles. The number of benzene rings is 2. The SMILES string of the molecule is C=CCOC[C@@H](CC(=O)N[C@H](CC(=O)N[C@@H](CCC(=O)OC(C)(C)C)CC(=O)N[C@@H](COCC=C)CC(=O)N[C@H](CC(=O)N[C@H](CC(=O)O)[C@@H](C)CC)Cc1ccc(OC(C)(C)C)cc1)Cc1ccccc1)NC(=O)C[C@H](CCCCNC(=O)OC(C)(C)C)NC(=O)C[C@@H](N)C(C)C. The van der Waals surface area contributed by atoms with Gasteiger partial charge in [-0.25, -0.2) is 4.79 Å². The minimum atomic E-state index is -1.07. The zero-order chi connectivity index (χ0) is 73.6. The lowest BCUT2D eigenvalue weighted by atomic mass is 9.95. The summed E-state index contributed by atoms with van der Waals surface area (Å²) in [6.07, 6.45) is 2.75. The molecular formula is C73H117N9O16. The Labute approximate surface area is 581 Å². The molecule has 8 amide bonds. The summed E-state index contributed by atoms with van der Waals surface area (Å²) >= 11 is 0. The highest BCUT2D eigenvalue weighted by Gasteiger charge is 2.30. The molecule has 0 saturated carbocycles. The van der Waals surface area contributed by atoms with E-state index in [1.165, 1.54) is 12.2 Å². The molecule has 0 bridgehead atoms. The lowest BCUT2D eigenvalue weighted by Crippen LogP contribution is -2.49. The third kappa shape index (κ3) is 42.0. The number of nitrogens with two attached hydrogens (primary N) is 1. The van der Waals surface area contributed by atoms with Gasteiger partial charge >= 0.3 is 18.0 Å². The van der Waals surface area contributed by atoms with Crippen molar-refractivity contribution < 1.29 is 76.7 Å². The second-order valence-electron chi connectivity index (χ2n) is 28.5. The summed E-state index contributed by atoms with van der Waals surface area (Å²) in [4.78, 5) is 135. The van der Waals surface area contributed by atoms with Gasteiger partial charge in [0.2, 0.25) is 41.4 Å². The van der Waals surface area contributed by atoms with Crippen LogP contribution in [0.3, 0.4) is 0 Å². The van der Waals surface area contributed by atoms with Crippen LogP contribution < -0.4 is 53.0 Å². The Bertz CT molecular complexity index is 2820. The van der Waals surface area contributed by atoms with E-state index in [9.17, 15) is 53.1 Å². The quantitative estimate of drug-likeness (QED) is 0.0174. The first-order chi connectivity index (χ1) is 45.9. The second kappa shape index (κ2) is 44.9. The number of hydrogen-bond acceptors (Lipinski definition) is 16. The fourth-order valence-corrected chi connectivity index (χ4v) is 10.3. The zero-order valence-corrected chi connectivity index (χ0v) is 60.5. The van der Waals surface area contributed by atoms with Crippen molar-refractivity contribution in [2.24, 2.45) is 17.6 Å². The van der Waals surface area contributed by atoms with E-state index in [0.717, 1.165) is 11.1 Å². The Morgan fingerprint density at radius 2 is 0.929 bits per heavy atom. The number of aliphatic carboxylic acids is 1. The third-order valence-corrected chi connectivity index (χ3v) is 15.2. The van der Waals surface area contributed by atoms with Crippen LogP contribution in [0, 0.1) is 11.8 Å². The number of carboxylic acids is 1. The van der Waals surface area contributed by atoms with Crippen molar-refractivity contribution in [1.82, 2.24) is 42.5 Å². The standard InChI is InChI=1S/C73H117N9O16/c1-16-34-94-46-56(80-61(83)38-52(76-67(89)44-59(74)48(4)5)26-22-23-33-75-70(93)98-73(13,14)15)42-64(86)78-54(36-50-24-20-19-21-25-50)40-63(85)77-53(29-32-69(92)97-72(10,11)12)39-62(84)81-57(47-95-35-17-2)43-65(87)79-55(37-51-27-30-58(31-28-51)96-71(7,8)9)41-66(88)82-60(45-68(90)91)49(6)18-3/h16-17,19-21,24-25,27-28,30-31,48-49,52-57,59-60H,1-2,18,22-23,26,29,32-47,74H2,3-15H3,(H,75,93)(H,76,89)(H,77,85)(H,78,86)(H,79,87)(H,80,83)(H,81,84)(H,82,88)(H,90,91)/t49-,52-,53-,54-,55-,56+,57+,59+,60+/m0/s1. The highest BCUT2D eigenvalue weighted by atomic mass is 16.6. The number of amides is 8. The molecular weight excluding hydrogens is 1260 g/mol. The molecule has 0 aliphatic carbocycles. The summed E-state index contributed by atoms with van der Waals surface area (Å²) in [5, 5.41) is 32.8. The summed E-state index contributed by atoms with van der Waals surface area (Å²) in [6, 6.07) is 10.2. The van der Waals surface area contributed by atoms with Gasteiger partial charge in [-0.15, -0.1) is 13.2 Å². The highest BCUT2D eigenvalue weighted by molar-refractivity contribution is 5.85. The summed E-state index contributed by atoms with van der Waals surface area (Å²) < 4.78 is 28.4. The summed E-state index contributed by atoms with van der Waals surface area (Å²) in [5.41, 5.74) is 5.80. The van der Waals surface area contributed by atoms with E-state index in [4.69, 9.17) is 29.4 Å². The normalized spacial score (nSPS) is 14.4. The summed E-state index contributed by atoms with van der Waals surface area (Å²) in [7, 11) is 0. The summed E-state index contributed by atoms with van der Waals surface area (Å²) in [5.74, 6) is -4.70. The van der Waals surface area contributed by atoms with E-state index < -0.39 is 119 Å². The Morgan fingerprint density at radius 1 is 0.510 bits per heavy atom. The minimum absolute atomic E-state index is 0.0255. The third-order valence-electron chi connectivity index (χ3n) is 15.2. The molecule has 9 atom stereocenters. The number of rotatable bonds is 47. The monoisotopic (exact) mass is 1380 g/mol. The van der Waals surface area contributed by atoms with Gasteiger partial charge in [-0.1, -0.05) is 88.7 Å². The van der Waals surface area contributed by atoms with Crippen LogP contribution in [0.25, 0.3) is 0 Å². The molecule has 0 aliphatic heterocycles. The fraction of sp³-hybridized carbons (Fsp3) is 0.644. The molecule has 0 aliphatic rings. The second-order valence-corrected chi connectivity index (χ2v) is 28.5. The maximum Gasteiger partial charge on any atom is 0.407 e. The molecule has 0 aromatic heterocycles. The van der Waals surface area contributed by atoms with Crippen LogP contribution in [0.4, 0.5) is 4.79 Å². The fourth-order valence-electron chi connectivity index (χ4n) is 10.3. The molecule has 2 aromatic rings. The minimum Gasteiger partial charge on any atom is -0.488 e. The maximum atomic E-state index is 14.4. The van der Waals surface area contributed by atoms with Crippen LogP contribution in [0.15, 0.2) is 79.9 Å². The van der Waals surface area contributed by atoms with Crippen LogP contribution >= 0.6 is 0 Å². The first-order valence-electron chi connectivity index (χ1n) is 34.3. The van der Waals surface area contributed by atoms with Crippen molar-refractivity contribution in [2.45, 2.75) is 258 Å². The van der Waals surface area contributed by atoms with E-state index in [2.05, 4.69) is 55.7 Å². The van der Waals surface area contributed by atoms with Gasteiger partial charge in [0, 0.05) is 94.2 Å².